The molecule has 0 spiro atoms. The van der Waals surface area contributed by atoms with E-state index in [0.29, 0.717) is 11.1 Å². The molecule has 1 N–H and O–H groups in total. The molecule has 1 amide bonds. The molecule has 0 saturated carbocycles. The van der Waals surface area contributed by atoms with Crippen LogP contribution in [0, 0.1) is 17.2 Å². The topological polar surface area (TPSA) is 92.3 Å². The van der Waals surface area contributed by atoms with Gasteiger partial charge in [0.15, 0.2) is 6.10 Å². The van der Waals surface area contributed by atoms with Crippen molar-refractivity contribution in [3.63, 3.8) is 0 Å². The monoisotopic (exact) mass is 392 g/mol. The quantitative estimate of drug-likeness (QED) is 0.637. The summed E-state index contributed by atoms with van der Waals surface area (Å²) in [4.78, 5) is 24.9. The highest BCUT2D eigenvalue weighted by Gasteiger charge is 2.32. The zero-order valence-electron chi connectivity index (χ0n) is 17.0. The van der Waals surface area contributed by atoms with E-state index < -0.39 is 23.5 Å². The summed E-state index contributed by atoms with van der Waals surface area (Å²) in [6.45, 7) is 6.82. The highest BCUT2D eigenvalue weighted by atomic mass is 16.5. The third-order valence-electron chi connectivity index (χ3n) is 5.32. The lowest BCUT2D eigenvalue weighted by Gasteiger charge is -2.28. The maximum absolute atomic E-state index is 12.5. The molecule has 0 fully saturated rings. The number of hydrogen-bond acceptors (Lipinski definition) is 5. The number of esters is 1. The molecule has 150 valence electrons. The number of carbonyl (C=O) groups is 2. The van der Waals surface area contributed by atoms with Crippen LogP contribution in [-0.2, 0) is 20.7 Å². The molecule has 0 radical (unpaired) electrons. The van der Waals surface area contributed by atoms with E-state index in [1.165, 1.54) is 6.92 Å². The van der Waals surface area contributed by atoms with Crippen molar-refractivity contribution in [3.8, 4) is 6.07 Å². The van der Waals surface area contributed by atoms with Crippen LogP contribution in [-0.4, -0.2) is 23.5 Å². The average Bonchev–Trinajstić information content (AvgIpc) is 3.10. The molecule has 6 nitrogen and oxygen atoms in total. The second-order valence-electron chi connectivity index (χ2n) is 7.69. The summed E-state index contributed by atoms with van der Waals surface area (Å²) in [6, 6.07) is 13.8. The minimum Gasteiger partial charge on any atom is -0.464 e. The highest BCUT2D eigenvalue weighted by Crippen LogP contribution is 2.30. The van der Waals surface area contributed by atoms with Crippen LogP contribution in [0.25, 0.3) is 21.7 Å². The fraction of sp³-hybridized carbons (Fsp3) is 0.348. The fourth-order valence-corrected chi connectivity index (χ4v) is 3.11. The number of nitrogens with one attached hydrogen (secondary N) is 1. The minimum atomic E-state index is -1.03. The first kappa shape index (κ1) is 20.4. The average molecular weight is 392 g/mol. The van der Waals surface area contributed by atoms with Gasteiger partial charge in [-0.3, -0.25) is 9.59 Å². The Hall–Kier alpha value is -3.33. The normalized spacial score (nSPS) is 14.3. The summed E-state index contributed by atoms with van der Waals surface area (Å²) in [7, 11) is 0. The van der Waals surface area contributed by atoms with Crippen LogP contribution in [0.2, 0.25) is 0 Å². The number of carbonyl (C=O) groups excluding carboxylic acids is 2. The molecule has 3 rings (SSSR count). The number of hydrogen-bond donors (Lipinski definition) is 1. The molecule has 3 aromatic rings. The molecule has 0 aliphatic carbocycles. The van der Waals surface area contributed by atoms with Gasteiger partial charge in [0.25, 0.3) is 5.91 Å². The Bertz CT molecular complexity index is 1110. The van der Waals surface area contributed by atoms with E-state index in [9.17, 15) is 14.9 Å². The molecule has 0 saturated heterocycles. The lowest BCUT2D eigenvalue weighted by molar-refractivity contribution is -0.154. The predicted molar refractivity (Wildman–Crippen MR) is 110 cm³/mol. The van der Waals surface area contributed by atoms with Crippen LogP contribution in [0.4, 0.5) is 0 Å². The van der Waals surface area contributed by atoms with Crippen LogP contribution >= 0.6 is 0 Å². The lowest BCUT2D eigenvalue weighted by atomic mass is 9.90. The van der Waals surface area contributed by atoms with Gasteiger partial charge < -0.3 is 14.5 Å². The molecule has 6 heteroatoms. The van der Waals surface area contributed by atoms with Gasteiger partial charge in [0.05, 0.1) is 18.8 Å². The molecule has 0 aliphatic heterocycles. The Morgan fingerprint density at radius 2 is 1.93 bits per heavy atom. The number of benzene rings is 2. The van der Waals surface area contributed by atoms with Crippen molar-refractivity contribution < 1.29 is 18.7 Å². The number of furan rings is 1. The first-order chi connectivity index (χ1) is 13.7. The van der Waals surface area contributed by atoms with E-state index in [-0.39, 0.29) is 12.3 Å². The van der Waals surface area contributed by atoms with E-state index in [4.69, 9.17) is 9.15 Å². The summed E-state index contributed by atoms with van der Waals surface area (Å²) in [5.74, 6) is -1.13. The van der Waals surface area contributed by atoms with Crippen LogP contribution in [0.5, 0.6) is 0 Å². The predicted octanol–water partition coefficient (Wildman–Crippen LogP) is 4.11. The summed E-state index contributed by atoms with van der Waals surface area (Å²) < 4.78 is 10.9. The highest BCUT2D eigenvalue weighted by molar-refractivity contribution is 6.08. The molecule has 0 bridgehead atoms. The van der Waals surface area contributed by atoms with E-state index >= 15 is 0 Å². The maximum atomic E-state index is 12.5. The van der Waals surface area contributed by atoms with Gasteiger partial charge in [0, 0.05) is 10.9 Å². The number of ether oxygens (including phenoxy) is 1. The fourth-order valence-electron chi connectivity index (χ4n) is 3.11. The lowest BCUT2D eigenvalue weighted by Crippen LogP contribution is -2.52. The van der Waals surface area contributed by atoms with Gasteiger partial charge in [-0.1, -0.05) is 44.2 Å². The molecule has 29 heavy (non-hydrogen) atoms. The van der Waals surface area contributed by atoms with Crippen molar-refractivity contribution in [1.82, 2.24) is 5.32 Å². The van der Waals surface area contributed by atoms with E-state index in [2.05, 4.69) is 11.4 Å². The van der Waals surface area contributed by atoms with Gasteiger partial charge in [0.1, 0.15) is 11.1 Å². The summed E-state index contributed by atoms with van der Waals surface area (Å²) in [6.07, 6.45) is 0.524. The zero-order valence-corrected chi connectivity index (χ0v) is 17.0. The van der Waals surface area contributed by atoms with E-state index in [1.54, 1.807) is 13.2 Å². The van der Waals surface area contributed by atoms with Crippen molar-refractivity contribution in [3.05, 3.63) is 48.2 Å². The third kappa shape index (κ3) is 4.09. The number of nitriles is 1. The Labute approximate surface area is 169 Å². The van der Waals surface area contributed by atoms with Crippen molar-refractivity contribution in [1.29, 1.82) is 5.26 Å². The number of rotatable bonds is 6. The summed E-state index contributed by atoms with van der Waals surface area (Å²) >= 11 is 0. The van der Waals surface area contributed by atoms with Gasteiger partial charge >= 0.3 is 5.97 Å². The third-order valence-corrected chi connectivity index (χ3v) is 5.32. The van der Waals surface area contributed by atoms with Crippen LogP contribution in [0.15, 0.2) is 47.1 Å². The van der Waals surface area contributed by atoms with Crippen LogP contribution < -0.4 is 5.32 Å². The Morgan fingerprint density at radius 3 is 2.62 bits per heavy atom. The van der Waals surface area contributed by atoms with Crippen molar-refractivity contribution >= 4 is 33.6 Å². The van der Waals surface area contributed by atoms with E-state index in [1.807, 2.05) is 50.2 Å². The first-order valence-electron chi connectivity index (χ1n) is 9.55. The SMILES string of the molecule is CC(C)[C@@](C)(C#N)NC(=O)[C@H](C)OC(=O)Cc1coc2ccc3ccccc3c12. The molecule has 0 unspecified atom stereocenters. The first-order valence-corrected chi connectivity index (χ1v) is 9.55. The summed E-state index contributed by atoms with van der Waals surface area (Å²) in [5.41, 5.74) is 0.370. The Morgan fingerprint density at radius 1 is 1.21 bits per heavy atom. The van der Waals surface area contributed by atoms with Gasteiger partial charge in [-0.25, -0.2) is 0 Å². The minimum absolute atomic E-state index is 0.0155. The largest absolute Gasteiger partial charge is 0.464 e. The molecule has 2 aromatic carbocycles. The van der Waals surface area contributed by atoms with Crippen molar-refractivity contribution in [2.45, 2.75) is 45.8 Å². The van der Waals surface area contributed by atoms with Gasteiger partial charge in [-0.05, 0) is 36.6 Å². The smallest absolute Gasteiger partial charge is 0.311 e. The number of fused-ring (bicyclic) bond motifs is 3. The summed E-state index contributed by atoms with van der Waals surface area (Å²) in [5, 5.41) is 14.9. The second kappa shape index (κ2) is 7.96. The molecule has 1 aromatic heterocycles. The Kier molecular flexibility index (Phi) is 5.60. The standard InChI is InChI=1S/C23H24N2O4/c1-14(2)23(4,13-24)25-22(27)15(3)29-20(26)11-17-12-28-19-10-9-16-7-5-6-8-18(16)21(17)19/h5-10,12,14-15H,11H2,1-4H3,(H,25,27)/t15-,23+/m0/s1. The Balaban J connectivity index is 1.74. The molecule has 0 aliphatic rings. The maximum Gasteiger partial charge on any atom is 0.311 e. The molecule has 2 atom stereocenters. The van der Waals surface area contributed by atoms with Crippen molar-refractivity contribution in [2.75, 3.05) is 0 Å². The zero-order chi connectivity index (χ0) is 21.2. The molecular formula is C23H24N2O4. The van der Waals surface area contributed by atoms with Crippen LogP contribution in [0.3, 0.4) is 0 Å². The van der Waals surface area contributed by atoms with Gasteiger partial charge in [0.2, 0.25) is 0 Å². The van der Waals surface area contributed by atoms with Crippen molar-refractivity contribution in [2.24, 2.45) is 5.92 Å². The second-order valence-corrected chi connectivity index (χ2v) is 7.69. The molecule has 1 heterocycles. The number of nitrogens with zero attached hydrogens (tertiary/aromatic N) is 1. The van der Waals surface area contributed by atoms with Crippen LogP contribution in [0.1, 0.15) is 33.3 Å². The van der Waals surface area contributed by atoms with Gasteiger partial charge in [-0.15, -0.1) is 0 Å². The number of amides is 1. The van der Waals surface area contributed by atoms with E-state index in [0.717, 1.165) is 16.2 Å². The molecular weight excluding hydrogens is 368 g/mol. The van der Waals surface area contributed by atoms with Gasteiger partial charge in [-0.2, -0.15) is 5.26 Å².